The van der Waals surface area contributed by atoms with E-state index in [0.29, 0.717) is 32.4 Å². The SMILES string of the molecule is CCCC1(CCC)NC(=O)N(CC(=O)NCCCOC)C1=O. The van der Waals surface area contributed by atoms with Gasteiger partial charge in [0.2, 0.25) is 5.91 Å². The number of hydrogen-bond donors (Lipinski definition) is 2. The number of carbonyl (C=O) groups excluding carboxylic acids is 3. The van der Waals surface area contributed by atoms with Crippen molar-refractivity contribution < 1.29 is 19.1 Å². The lowest BCUT2D eigenvalue weighted by molar-refractivity contribution is -0.135. The Bertz CT molecular complexity index is 406. The normalized spacial score (nSPS) is 16.8. The van der Waals surface area contributed by atoms with E-state index in [1.165, 1.54) is 0 Å². The molecule has 1 saturated heterocycles. The van der Waals surface area contributed by atoms with Crippen molar-refractivity contribution >= 4 is 17.8 Å². The highest BCUT2D eigenvalue weighted by Gasteiger charge is 2.50. The second-order valence-electron chi connectivity index (χ2n) is 5.60. The maximum absolute atomic E-state index is 12.6. The molecular formula is C15H27N3O4. The van der Waals surface area contributed by atoms with Gasteiger partial charge in [0.25, 0.3) is 5.91 Å². The molecule has 7 heteroatoms. The Labute approximate surface area is 131 Å². The van der Waals surface area contributed by atoms with Crippen molar-refractivity contribution in [3.05, 3.63) is 0 Å². The largest absolute Gasteiger partial charge is 0.385 e. The fourth-order valence-corrected chi connectivity index (χ4v) is 2.78. The third-order valence-electron chi connectivity index (χ3n) is 3.75. The maximum Gasteiger partial charge on any atom is 0.325 e. The number of urea groups is 1. The zero-order chi connectivity index (χ0) is 16.6. The molecule has 0 aromatic carbocycles. The summed E-state index contributed by atoms with van der Waals surface area (Å²) in [6.45, 7) is 4.74. The monoisotopic (exact) mass is 313 g/mol. The van der Waals surface area contributed by atoms with Crippen molar-refractivity contribution in [2.75, 3.05) is 26.8 Å². The van der Waals surface area contributed by atoms with Gasteiger partial charge in [-0.3, -0.25) is 14.5 Å². The highest BCUT2D eigenvalue weighted by atomic mass is 16.5. The van der Waals surface area contributed by atoms with Crippen LogP contribution in [0, 0.1) is 0 Å². The first-order valence-corrected chi connectivity index (χ1v) is 7.90. The van der Waals surface area contributed by atoms with Crippen LogP contribution in [0.25, 0.3) is 0 Å². The van der Waals surface area contributed by atoms with Crippen molar-refractivity contribution in [3.8, 4) is 0 Å². The van der Waals surface area contributed by atoms with E-state index in [0.717, 1.165) is 17.7 Å². The number of imide groups is 1. The number of methoxy groups -OCH3 is 1. The molecule has 0 aliphatic carbocycles. The number of nitrogens with one attached hydrogen (secondary N) is 2. The minimum Gasteiger partial charge on any atom is -0.385 e. The van der Waals surface area contributed by atoms with Gasteiger partial charge in [0.1, 0.15) is 12.1 Å². The average Bonchev–Trinajstić information content (AvgIpc) is 2.69. The first-order valence-electron chi connectivity index (χ1n) is 7.90. The predicted octanol–water partition coefficient (Wildman–Crippen LogP) is 1.03. The highest BCUT2D eigenvalue weighted by molar-refractivity contribution is 6.09. The quantitative estimate of drug-likeness (QED) is 0.466. The molecule has 0 aromatic rings. The van der Waals surface area contributed by atoms with Gasteiger partial charge in [-0.25, -0.2) is 4.79 Å². The number of nitrogens with zero attached hydrogens (tertiary/aromatic N) is 1. The highest BCUT2D eigenvalue weighted by Crippen LogP contribution is 2.27. The van der Waals surface area contributed by atoms with E-state index >= 15 is 0 Å². The van der Waals surface area contributed by atoms with Crippen LogP contribution in [0.2, 0.25) is 0 Å². The lowest BCUT2D eigenvalue weighted by Gasteiger charge is -2.25. The first-order chi connectivity index (χ1) is 10.5. The molecule has 0 spiro atoms. The molecule has 0 aromatic heterocycles. The second-order valence-corrected chi connectivity index (χ2v) is 5.60. The van der Waals surface area contributed by atoms with Crippen LogP contribution in [0.1, 0.15) is 46.0 Å². The number of rotatable bonds is 10. The van der Waals surface area contributed by atoms with Gasteiger partial charge in [-0.05, 0) is 19.3 Å². The third kappa shape index (κ3) is 4.43. The van der Waals surface area contributed by atoms with Crippen molar-refractivity contribution in [3.63, 3.8) is 0 Å². The van der Waals surface area contributed by atoms with Crippen LogP contribution in [0.15, 0.2) is 0 Å². The van der Waals surface area contributed by atoms with Crippen molar-refractivity contribution in [2.45, 2.75) is 51.5 Å². The Morgan fingerprint density at radius 1 is 1.27 bits per heavy atom. The molecule has 0 saturated carbocycles. The summed E-state index contributed by atoms with van der Waals surface area (Å²) in [7, 11) is 1.59. The van der Waals surface area contributed by atoms with E-state index in [1.54, 1.807) is 7.11 Å². The zero-order valence-electron chi connectivity index (χ0n) is 13.7. The molecule has 0 radical (unpaired) electrons. The Kier molecular flexibility index (Phi) is 7.31. The molecule has 126 valence electrons. The minimum absolute atomic E-state index is 0.229. The summed E-state index contributed by atoms with van der Waals surface area (Å²) < 4.78 is 4.89. The van der Waals surface area contributed by atoms with E-state index in [4.69, 9.17) is 4.74 Å². The zero-order valence-corrected chi connectivity index (χ0v) is 13.7. The number of hydrogen-bond acceptors (Lipinski definition) is 4. The van der Waals surface area contributed by atoms with Gasteiger partial charge in [-0.15, -0.1) is 0 Å². The van der Waals surface area contributed by atoms with Gasteiger partial charge in [0, 0.05) is 20.3 Å². The fraction of sp³-hybridized carbons (Fsp3) is 0.800. The molecule has 1 aliphatic heterocycles. The van der Waals surface area contributed by atoms with E-state index in [2.05, 4.69) is 10.6 Å². The summed E-state index contributed by atoms with van der Waals surface area (Å²) in [5, 5.41) is 5.47. The smallest absolute Gasteiger partial charge is 0.325 e. The molecule has 0 bridgehead atoms. The van der Waals surface area contributed by atoms with Crippen molar-refractivity contribution in [2.24, 2.45) is 0 Å². The number of ether oxygens (including phenoxy) is 1. The van der Waals surface area contributed by atoms with Crippen molar-refractivity contribution in [1.82, 2.24) is 15.5 Å². The topological polar surface area (TPSA) is 87.7 Å². The van der Waals surface area contributed by atoms with Crippen LogP contribution in [0.3, 0.4) is 0 Å². The summed E-state index contributed by atoms with van der Waals surface area (Å²) in [5.41, 5.74) is -0.836. The average molecular weight is 313 g/mol. The predicted molar refractivity (Wildman–Crippen MR) is 82.3 cm³/mol. The van der Waals surface area contributed by atoms with Gasteiger partial charge in [0.05, 0.1) is 0 Å². The standard InChI is InChI=1S/C15H27N3O4/c1-4-7-15(8-5-2)13(20)18(14(21)17-15)11-12(19)16-9-6-10-22-3/h4-11H2,1-3H3,(H,16,19)(H,17,21). The van der Waals surface area contributed by atoms with Gasteiger partial charge in [-0.1, -0.05) is 26.7 Å². The van der Waals surface area contributed by atoms with Crippen LogP contribution < -0.4 is 10.6 Å². The van der Waals surface area contributed by atoms with Gasteiger partial charge >= 0.3 is 6.03 Å². The molecule has 1 fully saturated rings. The molecule has 1 aliphatic rings. The van der Waals surface area contributed by atoms with Crippen LogP contribution in [0.4, 0.5) is 4.79 Å². The lowest BCUT2D eigenvalue weighted by Crippen LogP contribution is -2.47. The summed E-state index contributed by atoms with van der Waals surface area (Å²) in [5.74, 6) is -0.614. The van der Waals surface area contributed by atoms with Gasteiger partial charge in [0.15, 0.2) is 0 Å². The Hall–Kier alpha value is -1.63. The summed E-state index contributed by atoms with van der Waals surface area (Å²) in [6.07, 6.45) is 3.47. The van der Waals surface area contributed by atoms with Crippen molar-refractivity contribution in [1.29, 1.82) is 0 Å². The van der Waals surface area contributed by atoms with E-state index in [-0.39, 0.29) is 18.4 Å². The minimum atomic E-state index is -0.836. The summed E-state index contributed by atoms with van der Waals surface area (Å²) in [4.78, 5) is 37.5. The molecule has 0 atom stereocenters. The Morgan fingerprint density at radius 3 is 2.45 bits per heavy atom. The van der Waals surface area contributed by atoms with Crippen LogP contribution in [0.5, 0.6) is 0 Å². The molecule has 0 unspecified atom stereocenters. The van der Waals surface area contributed by atoms with Crippen LogP contribution in [-0.4, -0.2) is 55.1 Å². The maximum atomic E-state index is 12.6. The van der Waals surface area contributed by atoms with Crippen LogP contribution >= 0.6 is 0 Å². The van der Waals surface area contributed by atoms with E-state index in [9.17, 15) is 14.4 Å². The molecular weight excluding hydrogens is 286 g/mol. The number of amides is 4. The fourth-order valence-electron chi connectivity index (χ4n) is 2.78. The summed E-state index contributed by atoms with van der Waals surface area (Å²) >= 11 is 0. The van der Waals surface area contributed by atoms with E-state index < -0.39 is 11.6 Å². The Morgan fingerprint density at radius 2 is 1.91 bits per heavy atom. The van der Waals surface area contributed by atoms with E-state index in [1.807, 2.05) is 13.8 Å². The first kappa shape index (κ1) is 18.4. The second kappa shape index (κ2) is 8.73. The molecule has 1 heterocycles. The Balaban J connectivity index is 2.62. The third-order valence-corrected chi connectivity index (χ3v) is 3.75. The van der Waals surface area contributed by atoms with Gasteiger partial charge < -0.3 is 15.4 Å². The molecule has 1 rings (SSSR count). The lowest BCUT2D eigenvalue weighted by atomic mass is 9.88. The molecule has 22 heavy (non-hydrogen) atoms. The van der Waals surface area contributed by atoms with Gasteiger partial charge in [-0.2, -0.15) is 0 Å². The molecule has 2 N–H and O–H groups in total. The number of carbonyl (C=O) groups is 3. The summed E-state index contributed by atoms with van der Waals surface area (Å²) in [6, 6.07) is -0.473. The van der Waals surface area contributed by atoms with Crippen LogP contribution in [-0.2, 0) is 14.3 Å². The molecule has 7 nitrogen and oxygen atoms in total. The molecule has 4 amide bonds.